The molecule has 0 radical (unpaired) electrons. The molecule has 18 nitrogen and oxygen atoms in total. The molecule has 1 aromatic carbocycles. The van der Waals surface area contributed by atoms with Crippen LogP contribution < -0.4 is 22.1 Å². The lowest BCUT2D eigenvalue weighted by molar-refractivity contribution is -0.146. The SMILES string of the molecule is Cc1cc([C@H]2CC[C@H](CCN(C)Cc3ccc([C@H]4CC[C@H](C)CN4C(=O)C(=O)Nc4cnc(N)c5cn[nH]c45)cc3)CN2C(=O)C(=O)Nc2cnc(N)c3cn[nH]c23)cc(C)n1. The number of aryl methyl sites for hydroxylation is 2. The zero-order chi connectivity index (χ0) is 43.7. The van der Waals surface area contributed by atoms with Crippen LogP contribution in [0.3, 0.4) is 0 Å². The second-order valence-corrected chi connectivity index (χ2v) is 16.9. The third kappa shape index (κ3) is 8.77. The second kappa shape index (κ2) is 17.6. The number of nitrogens with two attached hydrogens (primary N) is 2. The zero-order valence-electron chi connectivity index (χ0n) is 35.3. The number of nitrogen functional groups attached to an aromatic ring is 2. The Labute approximate surface area is 358 Å². The Morgan fingerprint density at radius 2 is 1.27 bits per heavy atom. The highest BCUT2D eigenvalue weighted by Gasteiger charge is 2.37. The van der Waals surface area contributed by atoms with E-state index in [1.165, 1.54) is 24.8 Å². The highest BCUT2D eigenvalue weighted by molar-refractivity contribution is 6.40. The summed E-state index contributed by atoms with van der Waals surface area (Å²) in [6.45, 7) is 8.32. The van der Waals surface area contributed by atoms with Crippen LogP contribution in [0.1, 0.15) is 79.2 Å². The number of benzene rings is 1. The summed E-state index contributed by atoms with van der Waals surface area (Å²) in [5.74, 6) is -1.77. The number of hydrogen-bond acceptors (Lipinski definition) is 12. The number of rotatable bonds is 9. The minimum absolute atomic E-state index is 0.172. The Balaban J connectivity index is 0.898. The Morgan fingerprint density at radius 3 is 1.85 bits per heavy atom. The number of aromatic amines is 2. The number of amides is 4. The summed E-state index contributed by atoms with van der Waals surface area (Å²) in [6, 6.07) is 11.7. The van der Waals surface area contributed by atoms with Crippen LogP contribution in [0, 0.1) is 25.7 Å². The van der Waals surface area contributed by atoms with E-state index in [1.54, 1.807) is 9.80 Å². The van der Waals surface area contributed by atoms with Gasteiger partial charge < -0.3 is 36.8 Å². The van der Waals surface area contributed by atoms with E-state index in [0.717, 1.165) is 60.3 Å². The Morgan fingerprint density at radius 1 is 0.742 bits per heavy atom. The van der Waals surface area contributed by atoms with Gasteiger partial charge in [0.1, 0.15) is 11.6 Å². The van der Waals surface area contributed by atoms with Gasteiger partial charge in [0, 0.05) is 31.0 Å². The largest absolute Gasteiger partial charge is 0.383 e. The van der Waals surface area contributed by atoms with Crippen molar-refractivity contribution in [2.75, 3.05) is 48.8 Å². The topological polar surface area (TPSA) is 250 Å². The molecule has 2 aliphatic heterocycles. The Kier molecular flexibility index (Phi) is 11.8. The fraction of sp³-hybridized carbons (Fsp3) is 0.386. The van der Waals surface area contributed by atoms with Crippen LogP contribution in [0.2, 0.25) is 0 Å². The summed E-state index contributed by atoms with van der Waals surface area (Å²) in [4.78, 5) is 73.2. The van der Waals surface area contributed by atoms with Gasteiger partial charge in [0.2, 0.25) is 0 Å². The van der Waals surface area contributed by atoms with E-state index in [1.807, 2.05) is 26.0 Å². The lowest BCUT2D eigenvalue weighted by atomic mass is 9.86. The van der Waals surface area contributed by atoms with Gasteiger partial charge in [-0.25, -0.2) is 9.97 Å². The Bertz CT molecular complexity index is 2620. The molecular formula is C44H52N14O4. The van der Waals surface area contributed by atoms with E-state index in [4.69, 9.17) is 11.5 Å². The molecule has 4 amide bonds. The third-order valence-electron chi connectivity index (χ3n) is 12.2. The van der Waals surface area contributed by atoms with Gasteiger partial charge in [-0.3, -0.25) is 34.4 Å². The van der Waals surface area contributed by atoms with Crippen LogP contribution in [0.5, 0.6) is 0 Å². The maximum atomic E-state index is 14.1. The van der Waals surface area contributed by atoms with E-state index in [9.17, 15) is 19.2 Å². The fourth-order valence-corrected chi connectivity index (χ4v) is 8.98. The smallest absolute Gasteiger partial charge is 0.314 e. The number of aromatic nitrogens is 7. The molecule has 2 fully saturated rings. The molecule has 0 unspecified atom stereocenters. The lowest BCUT2D eigenvalue weighted by Gasteiger charge is -2.40. The summed E-state index contributed by atoms with van der Waals surface area (Å²) >= 11 is 0. The molecular weight excluding hydrogens is 789 g/mol. The number of likely N-dealkylation sites (tertiary alicyclic amines) is 2. The summed E-state index contributed by atoms with van der Waals surface area (Å²) in [5, 5.41) is 20.3. The fourth-order valence-electron chi connectivity index (χ4n) is 8.98. The molecule has 0 saturated carbocycles. The molecule has 0 spiro atoms. The average Bonchev–Trinajstić information content (AvgIpc) is 3.97. The molecule has 322 valence electrons. The third-order valence-corrected chi connectivity index (χ3v) is 12.2. The van der Waals surface area contributed by atoms with Crippen molar-refractivity contribution in [1.29, 1.82) is 0 Å². The van der Waals surface area contributed by atoms with Crippen molar-refractivity contribution in [2.24, 2.45) is 11.8 Å². The number of carbonyl (C=O) groups excluding carboxylic acids is 4. The van der Waals surface area contributed by atoms with Crippen LogP contribution in [-0.4, -0.2) is 100 Å². The minimum atomic E-state index is -0.758. The monoisotopic (exact) mass is 840 g/mol. The molecule has 5 aromatic heterocycles. The van der Waals surface area contributed by atoms with Gasteiger partial charge in [0.15, 0.2) is 0 Å². The summed E-state index contributed by atoms with van der Waals surface area (Å²) in [7, 11) is 2.07. The molecule has 7 heterocycles. The van der Waals surface area contributed by atoms with Gasteiger partial charge in [-0.1, -0.05) is 31.2 Å². The van der Waals surface area contributed by atoms with E-state index >= 15 is 0 Å². The number of pyridine rings is 3. The van der Waals surface area contributed by atoms with E-state index < -0.39 is 23.6 Å². The lowest BCUT2D eigenvalue weighted by Crippen LogP contribution is -2.47. The van der Waals surface area contributed by atoms with Crippen LogP contribution in [0.4, 0.5) is 23.0 Å². The first-order chi connectivity index (χ1) is 29.8. The molecule has 8 N–H and O–H groups in total. The maximum Gasteiger partial charge on any atom is 0.314 e. The summed E-state index contributed by atoms with van der Waals surface area (Å²) < 4.78 is 0. The molecule has 0 aliphatic carbocycles. The van der Waals surface area contributed by atoms with Crippen molar-refractivity contribution in [1.82, 2.24) is 50.0 Å². The van der Waals surface area contributed by atoms with E-state index in [-0.39, 0.29) is 35.6 Å². The van der Waals surface area contributed by atoms with Crippen molar-refractivity contribution in [2.45, 2.75) is 71.5 Å². The molecule has 62 heavy (non-hydrogen) atoms. The van der Waals surface area contributed by atoms with Gasteiger partial charge in [-0.2, -0.15) is 10.2 Å². The van der Waals surface area contributed by atoms with Crippen LogP contribution in [0.25, 0.3) is 21.8 Å². The highest BCUT2D eigenvalue weighted by atomic mass is 16.2. The van der Waals surface area contributed by atoms with E-state index in [0.29, 0.717) is 59.2 Å². The molecule has 8 rings (SSSR count). The van der Waals surface area contributed by atoms with Crippen molar-refractivity contribution in [3.8, 4) is 0 Å². The first kappa shape index (κ1) is 41.8. The quantitative estimate of drug-likeness (QED) is 0.108. The van der Waals surface area contributed by atoms with Gasteiger partial charge in [-0.15, -0.1) is 0 Å². The van der Waals surface area contributed by atoms with Gasteiger partial charge in [-0.05, 0) is 100 Å². The standard InChI is InChI=1S/C44H52N14O4/c1-24-5-11-35(57(21-24)43(61)41(59)52-33-19-47-39(45)31-17-49-54-37(31)33)29-9-6-27(7-10-29)22-56(4)14-13-28-8-12-36(30-15-25(2)51-26(3)16-30)58(23-28)44(62)42(60)53-34-20-48-40(46)32-18-50-55-38(32)34/h6-7,9-10,15-20,24,28,35-36H,5,8,11-14,21-23H2,1-4H3,(H2,45,47)(H2,46,48)(H,49,54)(H,50,55)(H,52,59)(H,53,60)/t24-,28+,35+,36+/m0/s1. The molecule has 2 saturated heterocycles. The average molecular weight is 841 g/mol. The molecule has 0 bridgehead atoms. The number of nitrogens with zero attached hydrogens (tertiary/aromatic N) is 8. The van der Waals surface area contributed by atoms with Crippen molar-refractivity contribution in [3.63, 3.8) is 0 Å². The second-order valence-electron chi connectivity index (χ2n) is 16.9. The number of hydrogen-bond donors (Lipinski definition) is 6. The summed E-state index contributed by atoms with van der Waals surface area (Å²) in [6.07, 6.45) is 10.0. The number of H-pyrrole nitrogens is 2. The van der Waals surface area contributed by atoms with Crippen LogP contribution in [-0.2, 0) is 25.7 Å². The number of nitrogens with one attached hydrogen (secondary N) is 4. The number of carbonyl (C=O) groups is 4. The number of anilines is 4. The zero-order valence-corrected chi connectivity index (χ0v) is 35.3. The first-order valence-corrected chi connectivity index (χ1v) is 20.9. The normalized spacial score (nSPS) is 19.2. The van der Waals surface area contributed by atoms with Crippen molar-refractivity contribution in [3.05, 3.63) is 89.3 Å². The maximum absolute atomic E-state index is 14.1. The Hall–Kier alpha value is -6.95. The van der Waals surface area contributed by atoms with Gasteiger partial charge >= 0.3 is 23.6 Å². The van der Waals surface area contributed by atoms with Crippen molar-refractivity contribution >= 4 is 68.4 Å². The highest BCUT2D eigenvalue weighted by Crippen LogP contribution is 2.37. The predicted octanol–water partition coefficient (Wildman–Crippen LogP) is 4.78. The molecule has 4 atom stereocenters. The summed E-state index contributed by atoms with van der Waals surface area (Å²) in [5.41, 5.74) is 18.4. The molecule has 18 heteroatoms. The van der Waals surface area contributed by atoms with Gasteiger partial charge in [0.05, 0.1) is 70.1 Å². The number of fused-ring (bicyclic) bond motifs is 2. The van der Waals surface area contributed by atoms with Crippen molar-refractivity contribution < 1.29 is 19.2 Å². The first-order valence-electron chi connectivity index (χ1n) is 20.9. The van der Waals surface area contributed by atoms with Crippen LogP contribution in [0.15, 0.2) is 61.2 Å². The molecule has 2 aliphatic rings. The van der Waals surface area contributed by atoms with Gasteiger partial charge in [0.25, 0.3) is 0 Å². The minimum Gasteiger partial charge on any atom is -0.383 e. The van der Waals surface area contributed by atoms with Crippen LogP contribution >= 0.6 is 0 Å². The number of piperidine rings is 2. The predicted molar refractivity (Wildman–Crippen MR) is 235 cm³/mol. The van der Waals surface area contributed by atoms with E-state index in [2.05, 4.69) is 89.1 Å². The molecule has 6 aromatic rings.